The van der Waals surface area contributed by atoms with E-state index in [1.54, 1.807) is 0 Å². The van der Waals surface area contributed by atoms with Crippen LogP contribution >= 0.6 is 31.9 Å². The van der Waals surface area contributed by atoms with Crippen LogP contribution in [0, 0.1) is 5.92 Å². The Morgan fingerprint density at radius 2 is 1.33 bits per heavy atom. The van der Waals surface area contributed by atoms with Gasteiger partial charge in [0.25, 0.3) is 8.32 Å². The van der Waals surface area contributed by atoms with Gasteiger partial charge in [-0.15, -0.1) is 0 Å². The molecule has 2 rings (SSSR count). The standard InChI is InChI=1S/C23H32Br2OSi/c1-23(2,3)27(21-12-6-4-7-13-21,22-14-8-5-9-15-22)26-19-20(16-18-25)11-10-17-24/h4-9,12-15,20H,10-11,16-19H2,1-3H3/t20-/m0/s1. The molecule has 0 fully saturated rings. The highest BCUT2D eigenvalue weighted by Gasteiger charge is 2.50. The number of hydrogen-bond acceptors (Lipinski definition) is 1. The molecule has 0 aromatic heterocycles. The Hall–Kier alpha value is -0.423. The van der Waals surface area contributed by atoms with Gasteiger partial charge in [0.15, 0.2) is 0 Å². The van der Waals surface area contributed by atoms with Crippen LogP contribution in [0.15, 0.2) is 60.7 Å². The average Bonchev–Trinajstić information content (AvgIpc) is 2.67. The second-order valence-electron chi connectivity index (χ2n) is 8.15. The number of rotatable bonds is 10. The molecule has 0 heterocycles. The number of hydrogen-bond donors (Lipinski definition) is 0. The van der Waals surface area contributed by atoms with E-state index in [-0.39, 0.29) is 5.04 Å². The van der Waals surface area contributed by atoms with Gasteiger partial charge in [-0.05, 0) is 40.6 Å². The van der Waals surface area contributed by atoms with Crippen LogP contribution in [0.2, 0.25) is 5.04 Å². The van der Waals surface area contributed by atoms with Crippen molar-refractivity contribution in [2.75, 3.05) is 17.3 Å². The second kappa shape index (κ2) is 10.9. The van der Waals surface area contributed by atoms with Crippen LogP contribution in [0.25, 0.3) is 0 Å². The molecule has 0 radical (unpaired) electrons. The van der Waals surface area contributed by atoms with Crippen LogP contribution in [-0.4, -0.2) is 25.6 Å². The maximum absolute atomic E-state index is 7.08. The molecule has 4 heteroatoms. The third-order valence-corrected chi connectivity index (χ3v) is 11.2. The summed E-state index contributed by atoms with van der Waals surface area (Å²) in [6.07, 6.45) is 3.56. The molecule has 0 aliphatic carbocycles. The SMILES string of the molecule is CC(C)(C)[Si](OC[C@H](CCBr)CCCBr)(c1ccccc1)c1ccccc1. The molecule has 2 aromatic rings. The van der Waals surface area contributed by atoms with Crippen molar-refractivity contribution in [2.45, 2.75) is 45.1 Å². The largest absolute Gasteiger partial charge is 0.407 e. The molecule has 1 atom stereocenters. The fourth-order valence-corrected chi connectivity index (χ4v) is 9.45. The van der Waals surface area contributed by atoms with Crippen molar-refractivity contribution in [2.24, 2.45) is 5.92 Å². The first-order valence-electron chi connectivity index (χ1n) is 9.82. The van der Waals surface area contributed by atoms with E-state index in [0.717, 1.165) is 23.7 Å². The van der Waals surface area contributed by atoms with E-state index < -0.39 is 8.32 Å². The maximum Gasteiger partial charge on any atom is 0.261 e. The number of benzene rings is 2. The predicted molar refractivity (Wildman–Crippen MR) is 129 cm³/mol. The molecule has 0 saturated carbocycles. The summed E-state index contributed by atoms with van der Waals surface area (Å²) in [6.45, 7) is 7.86. The minimum atomic E-state index is -2.41. The Balaban J connectivity index is 2.45. The maximum atomic E-state index is 7.08. The second-order valence-corrected chi connectivity index (χ2v) is 14.0. The first-order chi connectivity index (χ1) is 13.0. The lowest BCUT2D eigenvalue weighted by Crippen LogP contribution is -2.66. The van der Waals surface area contributed by atoms with E-state index in [9.17, 15) is 0 Å². The van der Waals surface area contributed by atoms with Crippen molar-refractivity contribution in [3.05, 3.63) is 60.7 Å². The Kier molecular flexibility index (Phi) is 9.26. The van der Waals surface area contributed by atoms with Crippen LogP contribution in [0.1, 0.15) is 40.0 Å². The van der Waals surface area contributed by atoms with Gasteiger partial charge in [0.2, 0.25) is 0 Å². The van der Waals surface area contributed by atoms with Crippen molar-refractivity contribution in [1.82, 2.24) is 0 Å². The minimum absolute atomic E-state index is 0.0457. The van der Waals surface area contributed by atoms with E-state index in [1.807, 2.05) is 0 Å². The van der Waals surface area contributed by atoms with Crippen molar-refractivity contribution < 1.29 is 4.43 Å². The summed E-state index contributed by atoms with van der Waals surface area (Å²) < 4.78 is 7.08. The molecule has 0 unspecified atom stereocenters. The van der Waals surface area contributed by atoms with Crippen LogP contribution in [-0.2, 0) is 4.43 Å². The molecular weight excluding hydrogens is 480 g/mol. The molecule has 0 amide bonds. The fourth-order valence-electron chi connectivity index (χ4n) is 3.84. The summed E-state index contributed by atoms with van der Waals surface area (Å²) in [4.78, 5) is 0. The summed E-state index contributed by atoms with van der Waals surface area (Å²) in [5.74, 6) is 0.587. The molecular formula is C23H32Br2OSi. The van der Waals surface area contributed by atoms with Gasteiger partial charge in [0.1, 0.15) is 0 Å². The van der Waals surface area contributed by atoms with Crippen LogP contribution in [0.3, 0.4) is 0 Å². The van der Waals surface area contributed by atoms with E-state index in [2.05, 4.69) is 113 Å². The van der Waals surface area contributed by atoms with E-state index >= 15 is 0 Å². The Morgan fingerprint density at radius 1 is 0.815 bits per heavy atom. The zero-order valence-corrected chi connectivity index (χ0v) is 20.9. The van der Waals surface area contributed by atoms with Gasteiger partial charge >= 0.3 is 0 Å². The summed E-state index contributed by atoms with van der Waals surface area (Å²) in [5, 5.41) is 4.86. The van der Waals surface area contributed by atoms with Crippen molar-refractivity contribution >= 4 is 50.6 Å². The topological polar surface area (TPSA) is 9.23 Å². The summed E-state index contributed by atoms with van der Waals surface area (Å²) in [5.41, 5.74) is 0. The molecule has 0 aliphatic rings. The van der Waals surface area contributed by atoms with Crippen LogP contribution < -0.4 is 10.4 Å². The number of halogens is 2. The molecule has 1 nitrogen and oxygen atoms in total. The van der Waals surface area contributed by atoms with Gasteiger partial charge in [-0.2, -0.15) is 0 Å². The smallest absolute Gasteiger partial charge is 0.261 e. The van der Waals surface area contributed by atoms with Gasteiger partial charge in [0, 0.05) is 17.3 Å². The molecule has 0 N–H and O–H groups in total. The zero-order valence-electron chi connectivity index (χ0n) is 16.8. The lowest BCUT2D eigenvalue weighted by atomic mass is 10.0. The van der Waals surface area contributed by atoms with E-state index in [0.29, 0.717) is 5.92 Å². The quantitative estimate of drug-likeness (QED) is 0.275. The first kappa shape index (κ1) is 22.9. The molecule has 148 valence electrons. The van der Waals surface area contributed by atoms with Gasteiger partial charge in [-0.25, -0.2) is 0 Å². The van der Waals surface area contributed by atoms with Gasteiger partial charge in [0.05, 0.1) is 0 Å². The predicted octanol–water partition coefficient (Wildman–Crippen LogP) is 6.14. The number of alkyl halides is 2. The third kappa shape index (κ3) is 5.78. The lowest BCUT2D eigenvalue weighted by Gasteiger charge is -2.43. The highest BCUT2D eigenvalue weighted by Crippen LogP contribution is 2.37. The molecule has 0 spiro atoms. The van der Waals surface area contributed by atoms with Gasteiger partial charge in [-0.3, -0.25) is 0 Å². The molecule has 0 saturated heterocycles. The van der Waals surface area contributed by atoms with Gasteiger partial charge < -0.3 is 4.43 Å². The average molecular weight is 512 g/mol. The summed E-state index contributed by atoms with van der Waals surface area (Å²) >= 11 is 7.22. The van der Waals surface area contributed by atoms with Crippen LogP contribution in [0.4, 0.5) is 0 Å². The third-order valence-electron chi connectivity index (χ3n) is 5.22. The minimum Gasteiger partial charge on any atom is -0.407 e. The van der Waals surface area contributed by atoms with Crippen molar-refractivity contribution in [3.8, 4) is 0 Å². The highest BCUT2D eigenvalue weighted by molar-refractivity contribution is 9.09. The van der Waals surface area contributed by atoms with Crippen molar-refractivity contribution in [3.63, 3.8) is 0 Å². The van der Waals surface area contributed by atoms with E-state index in [1.165, 1.54) is 23.2 Å². The Bertz CT molecular complexity index is 616. The lowest BCUT2D eigenvalue weighted by molar-refractivity contribution is 0.224. The summed E-state index contributed by atoms with van der Waals surface area (Å²) in [7, 11) is -2.41. The first-order valence-corrected chi connectivity index (χ1v) is 14.0. The normalized spacial score (nSPS) is 13.5. The molecule has 27 heavy (non-hydrogen) atoms. The monoisotopic (exact) mass is 510 g/mol. The molecule has 0 aliphatic heterocycles. The fraction of sp³-hybridized carbons (Fsp3) is 0.478. The molecule has 2 aromatic carbocycles. The molecule has 0 bridgehead atoms. The highest BCUT2D eigenvalue weighted by atomic mass is 79.9. The zero-order chi connectivity index (χ0) is 19.8. The van der Waals surface area contributed by atoms with Gasteiger partial charge in [-0.1, -0.05) is 113 Å². The van der Waals surface area contributed by atoms with E-state index in [4.69, 9.17) is 4.43 Å². The van der Waals surface area contributed by atoms with Crippen LogP contribution in [0.5, 0.6) is 0 Å². The van der Waals surface area contributed by atoms with Crippen molar-refractivity contribution in [1.29, 1.82) is 0 Å². The summed E-state index contributed by atoms with van der Waals surface area (Å²) in [6, 6.07) is 21.9. The Morgan fingerprint density at radius 3 is 1.74 bits per heavy atom. The Labute approximate surface area is 183 Å².